The van der Waals surface area contributed by atoms with Crippen molar-refractivity contribution >= 4 is 28.2 Å². The highest BCUT2D eigenvalue weighted by atomic mass is 16.6. The molecule has 8 nitrogen and oxygen atoms in total. The Labute approximate surface area is 170 Å². The van der Waals surface area contributed by atoms with Crippen LogP contribution in [0.4, 0.5) is 11.4 Å². The molecule has 1 amide bonds. The number of benzene rings is 3. The van der Waals surface area contributed by atoms with E-state index in [1.165, 1.54) is 12.1 Å². The molecule has 8 heteroatoms. The van der Waals surface area contributed by atoms with Gasteiger partial charge in [-0.15, -0.1) is 0 Å². The molecule has 0 unspecified atom stereocenters. The molecule has 0 saturated heterocycles. The lowest BCUT2D eigenvalue weighted by molar-refractivity contribution is -0.384. The maximum absolute atomic E-state index is 12.2. The van der Waals surface area contributed by atoms with Gasteiger partial charge in [0.05, 0.1) is 22.2 Å². The largest absolute Gasteiger partial charge is 0.403 e. The number of nitrogens with zero attached hydrogens (tertiary/aromatic N) is 2. The molecule has 1 aromatic heterocycles. The van der Waals surface area contributed by atoms with Crippen LogP contribution < -0.4 is 10.9 Å². The Kier molecular flexibility index (Phi) is 5.04. The first-order valence-electron chi connectivity index (χ1n) is 9.03. The highest BCUT2D eigenvalue weighted by molar-refractivity contribution is 5.92. The monoisotopic (exact) mass is 401 g/mol. The average Bonchev–Trinajstić information content (AvgIpc) is 2.74. The number of nitrogens with one attached hydrogen (secondary N) is 1. The number of aromatic nitrogens is 1. The Morgan fingerprint density at radius 2 is 1.70 bits per heavy atom. The third-order valence-corrected chi connectivity index (χ3v) is 4.46. The Morgan fingerprint density at radius 1 is 1.00 bits per heavy atom. The summed E-state index contributed by atoms with van der Waals surface area (Å²) >= 11 is 0. The van der Waals surface area contributed by atoms with E-state index in [-0.39, 0.29) is 23.9 Å². The highest BCUT2D eigenvalue weighted by Gasteiger charge is 2.10. The molecule has 4 rings (SSSR count). The van der Waals surface area contributed by atoms with Crippen molar-refractivity contribution in [3.05, 3.63) is 98.9 Å². The minimum Gasteiger partial charge on any atom is -0.403 e. The number of rotatable bonds is 5. The molecule has 0 aliphatic rings. The van der Waals surface area contributed by atoms with E-state index >= 15 is 0 Å². The molecule has 0 spiro atoms. The van der Waals surface area contributed by atoms with Gasteiger partial charge in [-0.05, 0) is 42.0 Å². The molecule has 0 aliphatic heterocycles. The van der Waals surface area contributed by atoms with Crippen LogP contribution in [0.15, 0.2) is 82.0 Å². The summed E-state index contributed by atoms with van der Waals surface area (Å²) in [7, 11) is 0. The summed E-state index contributed by atoms with van der Waals surface area (Å²) in [5, 5.41) is 13.9. The fourth-order valence-electron chi connectivity index (χ4n) is 2.96. The number of carbonyl (C=O) groups is 1. The van der Waals surface area contributed by atoms with E-state index in [9.17, 15) is 19.7 Å². The molecule has 0 aliphatic carbocycles. The molecule has 30 heavy (non-hydrogen) atoms. The summed E-state index contributed by atoms with van der Waals surface area (Å²) in [6, 6.07) is 19.5. The SMILES string of the molecule is O=C(Cc1ccc([N+](=O)[O-])cc1)Nc1ccc(-c2nc3ccccc3c(=O)o2)cc1. The van der Waals surface area contributed by atoms with E-state index in [0.717, 1.165) is 0 Å². The van der Waals surface area contributed by atoms with Crippen molar-refractivity contribution in [3.63, 3.8) is 0 Å². The number of fused-ring (bicyclic) bond motifs is 1. The van der Waals surface area contributed by atoms with Gasteiger partial charge in [0, 0.05) is 23.4 Å². The molecule has 4 aromatic rings. The lowest BCUT2D eigenvalue weighted by Crippen LogP contribution is -2.14. The van der Waals surface area contributed by atoms with Gasteiger partial charge in [0.25, 0.3) is 5.69 Å². The zero-order valence-electron chi connectivity index (χ0n) is 15.6. The van der Waals surface area contributed by atoms with Crippen LogP contribution in [0, 0.1) is 10.1 Å². The molecule has 0 saturated carbocycles. The third-order valence-electron chi connectivity index (χ3n) is 4.46. The van der Waals surface area contributed by atoms with Gasteiger partial charge in [0.15, 0.2) is 0 Å². The van der Waals surface area contributed by atoms with Gasteiger partial charge < -0.3 is 9.73 Å². The number of hydrogen-bond acceptors (Lipinski definition) is 6. The predicted octanol–water partition coefficient (Wildman–Crippen LogP) is 3.94. The van der Waals surface area contributed by atoms with Crippen LogP contribution in [0.25, 0.3) is 22.4 Å². The summed E-state index contributed by atoms with van der Waals surface area (Å²) in [5.74, 6) is -0.0607. The van der Waals surface area contributed by atoms with Gasteiger partial charge in [0.1, 0.15) is 0 Å². The number of nitro groups is 1. The molecule has 148 valence electrons. The van der Waals surface area contributed by atoms with E-state index in [0.29, 0.717) is 27.7 Å². The van der Waals surface area contributed by atoms with Crippen LogP contribution in [-0.4, -0.2) is 15.8 Å². The van der Waals surface area contributed by atoms with E-state index in [4.69, 9.17) is 4.42 Å². The smallest absolute Gasteiger partial charge is 0.347 e. The van der Waals surface area contributed by atoms with Gasteiger partial charge in [-0.1, -0.05) is 24.3 Å². The number of amides is 1. The first kappa shape index (κ1) is 19.0. The number of para-hydroxylation sites is 1. The maximum atomic E-state index is 12.2. The normalized spacial score (nSPS) is 10.7. The lowest BCUT2D eigenvalue weighted by atomic mass is 10.1. The highest BCUT2D eigenvalue weighted by Crippen LogP contribution is 2.21. The van der Waals surface area contributed by atoms with Crippen LogP contribution in [-0.2, 0) is 11.2 Å². The van der Waals surface area contributed by atoms with Crippen LogP contribution in [0.2, 0.25) is 0 Å². The zero-order valence-corrected chi connectivity index (χ0v) is 15.6. The van der Waals surface area contributed by atoms with Crippen molar-refractivity contribution in [1.29, 1.82) is 0 Å². The van der Waals surface area contributed by atoms with Crippen molar-refractivity contribution in [2.75, 3.05) is 5.32 Å². The average molecular weight is 401 g/mol. The minimum atomic E-state index is -0.488. The van der Waals surface area contributed by atoms with Gasteiger partial charge in [-0.2, -0.15) is 0 Å². The molecule has 0 radical (unpaired) electrons. The van der Waals surface area contributed by atoms with Crippen LogP contribution >= 0.6 is 0 Å². The van der Waals surface area contributed by atoms with Crippen molar-refractivity contribution in [1.82, 2.24) is 4.98 Å². The predicted molar refractivity (Wildman–Crippen MR) is 111 cm³/mol. The Bertz CT molecular complexity index is 1300. The van der Waals surface area contributed by atoms with Crippen molar-refractivity contribution in [2.24, 2.45) is 0 Å². The Hall–Kier alpha value is -4.33. The second-order valence-corrected chi connectivity index (χ2v) is 6.55. The molecule has 0 atom stereocenters. The van der Waals surface area contributed by atoms with Crippen molar-refractivity contribution in [3.8, 4) is 11.5 Å². The standard InChI is InChI=1S/C22H15N3O5/c26-20(13-14-5-11-17(12-6-14)25(28)29)23-16-9-7-15(8-10-16)21-24-19-4-2-1-3-18(19)22(27)30-21/h1-12H,13H2,(H,23,26). The van der Waals surface area contributed by atoms with Crippen LogP contribution in [0.3, 0.4) is 0 Å². The van der Waals surface area contributed by atoms with E-state index in [1.807, 2.05) is 0 Å². The van der Waals surface area contributed by atoms with E-state index in [1.54, 1.807) is 60.7 Å². The number of nitro benzene ring substituents is 1. The molecular weight excluding hydrogens is 386 g/mol. The summed E-state index contributed by atoms with van der Waals surface area (Å²) in [6.45, 7) is 0. The maximum Gasteiger partial charge on any atom is 0.347 e. The molecular formula is C22H15N3O5. The second-order valence-electron chi connectivity index (χ2n) is 6.55. The quantitative estimate of drug-likeness (QED) is 0.400. The minimum absolute atomic E-state index is 0.0244. The first-order chi connectivity index (χ1) is 14.5. The molecule has 0 fully saturated rings. The van der Waals surface area contributed by atoms with Crippen LogP contribution in [0.1, 0.15) is 5.56 Å². The topological polar surface area (TPSA) is 115 Å². The van der Waals surface area contributed by atoms with E-state index in [2.05, 4.69) is 10.3 Å². The lowest BCUT2D eigenvalue weighted by Gasteiger charge is -2.07. The fourth-order valence-corrected chi connectivity index (χ4v) is 2.96. The van der Waals surface area contributed by atoms with Gasteiger partial charge in [0.2, 0.25) is 11.8 Å². The molecule has 1 heterocycles. The fraction of sp³-hybridized carbons (Fsp3) is 0.0455. The summed E-state index contributed by atoms with van der Waals surface area (Å²) < 4.78 is 5.30. The van der Waals surface area contributed by atoms with Gasteiger partial charge in [-0.3, -0.25) is 14.9 Å². The Morgan fingerprint density at radius 3 is 2.40 bits per heavy atom. The number of non-ortho nitro benzene ring substituents is 1. The summed E-state index contributed by atoms with van der Waals surface area (Å²) in [5.41, 5.74) is 1.89. The van der Waals surface area contributed by atoms with Gasteiger partial charge in [-0.25, -0.2) is 9.78 Å². The second kappa shape index (κ2) is 7.96. The summed E-state index contributed by atoms with van der Waals surface area (Å²) in [6.07, 6.45) is 0.0842. The van der Waals surface area contributed by atoms with Gasteiger partial charge >= 0.3 is 5.63 Å². The number of hydrogen-bond donors (Lipinski definition) is 1. The zero-order chi connectivity index (χ0) is 21.1. The van der Waals surface area contributed by atoms with Crippen molar-refractivity contribution < 1.29 is 14.1 Å². The number of anilines is 1. The van der Waals surface area contributed by atoms with Crippen molar-refractivity contribution in [2.45, 2.75) is 6.42 Å². The summed E-state index contributed by atoms with van der Waals surface area (Å²) in [4.78, 5) is 38.9. The first-order valence-corrected chi connectivity index (χ1v) is 9.03. The number of carbonyl (C=O) groups excluding carboxylic acids is 1. The Balaban J connectivity index is 1.46. The van der Waals surface area contributed by atoms with Crippen LogP contribution in [0.5, 0.6) is 0 Å². The molecule has 0 bridgehead atoms. The third kappa shape index (κ3) is 4.07. The van der Waals surface area contributed by atoms with E-state index < -0.39 is 10.5 Å². The molecule has 1 N–H and O–H groups in total. The molecule has 3 aromatic carbocycles.